The van der Waals surface area contributed by atoms with Crippen molar-refractivity contribution in [1.29, 1.82) is 0 Å². The summed E-state index contributed by atoms with van der Waals surface area (Å²) in [5.41, 5.74) is 0. The zero-order valence-corrected chi connectivity index (χ0v) is 10.6. The van der Waals surface area contributed by atoms with Crippen LogP contribution in [0.15, 0.2) is 12.2 Å². The second-order valence-corrected chi connectivity index (χ2v) is 4.44. The van der Waals surface area contributed by atoms with Crippen molar-refractivity contribution in [2.75, 3.05) is 6.61 Å². The highest BCUT2D eigenvalue weighted by Crippen LogP contribution is 2.09. The number of carbonyl (C=O) groups is 2. The molecule has 17 heavy (non-hydrogen) atoms. The van der Waals surface area contributed by atoms with Gasteiger partial charge in [-0.05, 0) is 12.3 Å². The van der Waals surface area contributed by atoms with Gasteiger partial charge in [0.2, 0.25) is 0 Å². The summed E-state index contributed by atoms with van der Waals surface area (Å²) in [5.74, 6) is -0.987. The van der Waals surface area contributed by atoms with Crippen LogP contribution in [0.5, 0.6) is 0 Å². The number of unbranched alkanes of at least 4 members (excludes halogenated alkanes) is 3. The minimum Gasteiger partial charge on any atom is -0.478 e. The van der Waals surface area contributed by atoms with Crippen molar-refractivity contribution in [1.82, 2.24) is 0 Å². The van der Waals surface area contributed by atoms with Crippen molar-refractivity contribution in [2.45, 2.75) is 46.0 Å². The van der Waals surface area contributed by atoms with Gasteiger partial charge in [-0.1, -0.05) is 39.5 Å². The smallest absolute Gasteiger partial charge is 0.331 e. The fourth-order valence-electron chi connectivity index (χ4n) is 1.37. The molecule has 0 aromatic rings. The van der Waals surface area contributed by atoms with Crippen molar-refractivity contribution < 1.29 is 19.4 Å². The van der Waals surface area contributed by atoms with Crippen LogP contribution in [0.3, 0.4) is 0 Å². The van der Waals surface area contributed by atoms with Crippen LogP contribution in [-0.2, 0) is 14.3 Å². The summed E-state index contributed by atoms with van der Waals surface area (Å²) in [6, 6.07) is 0. The van der Waals surface area contributed by atoms with Gasteiger partial charge in [0.05, 0.1) is 6.61 Å². The Balaban J connectivity index is 3.34. The monoisotopic (exact) mass is 242 g/mol. The minimum atomic E-state index is -1.14. The fraction of sp³-hybridized carbons (Fsp3) is 0.692. The maximum atomic E-state index is 11.0. The molecule has 0 saturated carbocycles. The zero-order valence-electron chi connectivity index (χ0n) is 10.6. The van der Waals surface area contributed by atoms with E-state index in [1.807, 2.05) is 0 Å². The summed E-state index contributed by atoms with van der Waals surface area (Å²) in [6.45, 7) is 4.78. The summed E-state index contributed by atoms with van der Waals surface area (Å²) in [5, 5.41) is 8.28. The number of esters is 1. The third kappa shape index (κ3) is 12.6. The number of rotatable bonds is 9. The summed E-state index contributed by atoms with van der Waals surface area (Å²) < 4.78 is 4.83. The Hall–Kier alpha value is -1.32. The molecule has 0 spiro atoms. The van der Waals surface area contributed by atoms with Crippen LogP contribution in [0.2, 0.25) is 0 Å². The maximum Gasteiger partial charge on any atom is 0.331 e. The van der Waals surface area contributed by atoms with Gasteiger partial charge in [0.1, 0.15) is 0 Å². The van der Waals surface area contributed by atoms with Crippen LogP contribution in [0, 0.1) is 5.92 Å². The van der Waals surface area contributed by atoms with Gasteiger partial charge in [0.25, 0.3) is 0 Å². The van der Waals surface area contributed by atoms with Crippen LogP contribution in [0.1, 0.15) is 46.0 Å². The van der Waals surface area contributed by atoms with E-state index in [0.717, 1.165) is 37.3 Å². The molecule has 0 heterocycles. The Morgan fingerprint density at radius 3 is 2.35 bits per heavy atom. The van der Waals surface area contributed by atoms with E-state index in [1.54, 1.807) is 0 Å². The molecule has 0 aliphatic rings. The van der Waals surface area contributed by atoms with Crippen molar-refractivity contribution >= 4 is 11.9 Å². The molecule has 0 aliphatic carbocycles. The minimum absolute atomic E-state index is 0.366. The van der Waals surface area contributed by atoms with Gasteiger partial charge in [-0.15, -0.1) is 0 Å². The van der Waals surface area contributed by atoms with Gasteiger partial charge in [-0.25, -0.2) is 9.59 Å². The first-order valence-electron chi connectivity index (χ1n) is 6.10. The van der Waals surface area contributed by atoms with Gasteiger partial charge >= 0.3 is 11.9 Å². The SMILES string of the molecule is CC(C)CCCCCCOC(=O)/C=C\C(=O)O. The van der Waals surface area contributed by atoms with Gasteiger partial charge in [0.15, 0.2) is 0 Å². The average molecular weight is 242 g/mol. The summed E-state index contributed by atoms with van der Waals surface area (Å²) in [6.07, 6.45) is 7.20. The molecule has 0 fully saturated rings. The van der Waals surface area contributed by atoms with Crippen LogP contribution in [-0.4, -0.2) is 23.7 Å². The van der Waals surface area contributed by atoms with E-state index in [2.05, 4.69) is 13.8 Å². The fourth-order valence-corrected chi connectivity index (χ4v) is 1.37. The number of ether oxygens (including phenoxy) is 1. The lowest BCUT2D eigenvalue weighted by atomic mass is 10.0. The second kappa shape index (κ2) is 9.87. The highest BCUT2D eigenvalue weighted by molar-refractivity contribution is 5.90. The van der Waals surface area contributed by atoms with Crippen molar-refractivity contribution in [2.24, 2.45) is 5.92 Å². The zero-order chi connectivity index (χ0) is 13.1. The lowest BCUT2D eigenvalue weighted by Gasteiger charge is -2.04. The van der Waals surface area contributed by atoms with E-state index in [1.165, 1.54) is 12.8 Å². The molecule has 98 valence electrons. The first-order valence-corrected chi connectivity index (χ1v) is 6.10. The van der Waals surface area contributed by atoms with E-state index in [4.69, 9.17) is 9.84 Å². The molecular formula is C13H22O4. The van der Waals surface area contributed by atoms with Crippen LogP contribution in [0.4, 0.5) is 0 Å². The van der Waals surface area contributed by atoms with E-state index < -0.39 is 11.9 Å². The molecule has 4 heteroatoms. The molecule has 1 N–H and O–H groups in total. The third-order valence-corrected chi connectivity index (χ3v) is 2.28. The predicted molar refractivity (Wildman–Crippen MR) is 65.7 cm³/mol. The van der Waals surface area contributed by atoms with Crippen LogP contribution >= 0.6 is 0 Å². The Morgan fingerprint density at radius 1 is 1.12 bits per heavy atom. The Bertz CT molecular complexity index is 256. The first-order chi connectivity index (χ1) is 8.02. The molecule has 0 unspecified atom stereocenters. The molecule has 0 saturated heterocycles. The van der Waals surface area contributed by atoms with E-state index >= 15 is 0 Å². The van der Waals surface area contributed by atoms with Gasteiger partial charge < -0.3 is 9.84 Å². The maximum absolute atomic E-state index is 11.0. The van der Waals surface area contributed by atoms with Gasteiger partial charge in [-0.3, -0.25) is 0 Å². The summed E-state index contributed by atoms with van der Waals surface area (Å²) >= 11 is 0. The van der Waals surface area contributed by atoms with Gasteiger partial charge in [-0.2, -0.15) is 0 Å². The summed E-state index contributed by atoms with van der Waals surface area (Å²) in [7, 11) is 0. The molecule has 0 atom stereocenters. The standard InChI is InChI=1S/C13H22O4/c1-11(2)7-5-3-4-6-10-17-13(16)9-8-12(14)15/h8-9,11H,3-7,10H2,1-2H3,(H,14,15)/b9-8-. The number of aliphatic carboxylic acids is 1. The van der Waals surface area contributed by atoms with Crippen LogP contribution in [0.25, 0.3) is 0 Å². The van der Waals surface area contributed by atoms with Gasteiger partial charge in [0, 0.05) is 12.2 Å². The van der Waals surface area contributed by atoms with E-state index in [-0.39, 0.29) is 0 Å². The topological polar surface area (TPSA) is 63.6 Å². The normalized spacial score (nSPS) is 11.0. The molecule has 0 radical (unpaired) electrons. The molecule has 0 aromatic carbocycles. The van der Waals surface area contributed by atoms with Crippen molar-refractivity contribution in [3.8, 4) is 0 Å². The van der Waals surface area contributed by atoms with Crippen molar-refractivity contribution in [3.63, 3.8) is 0 Å². The third-order valence-electron chi connectivity index (χ3n) is 2.28. The highest BCUT2D eigenvalue weighted by atomic mass is 16.5. The van der Waals surface area contributed by atoms with E-state index in [0.29, 0.717) is 6.61 Å². The average Bonchev–Trinajstić information content (AvgIpc) is 2.24. The molecule has 0 amide bonds. The Morgan fingerprint density at radius 2 is 1.76 bits per heavy atom. The molecular weight excluding hydrogens is 220 g/mol. The molecule has 0 bridgehead atoms. The lowest BCUT2D eigenvalue weighted by molar-refractivity contribution is -0.138. The molecule has 0 aromatic heterocycles. The second-order valence-electron chi connectivity index (χ2n) is 4.44. The molecule has 0 aliphatic heterocycles. The largest absolute Gasteiger partial charge is 0.478 e. The Labute approximate surface area is 103 Å². The number of hydrogen-bond donors (Lipinski definition) is 1. The van der Waals surface area contributed by atoms with Crippen LogP contribution < -0.4 is 0 Å². The van der Waals surface area contributed by atoms with Crippen molar-refractivity contribution in [3.05, 3.63) is 12.2 Å². The molecule has 4 nitrogen and oxygen atoms in total. The molecule has 0 rings (SSSR count). The number of hydrogen-bond acceptors (Lipinski definition) is 3. The predicted octanol–water partition coefficient (Wildman–Crippen LogP) is 2.78. The Kier molecular flexibility index (Phi) is 9.11. The number of carboxylic acids is 1. The summed E-state index contributed by atoms with van der Waals surface area (Å²) in [4.78, 5) is 21.1. The quantitative estimate of drug-likeness (QED) is 0.383. The first kappa shape index (κ1) is 15.7. The van der Waals surface area contributed by atoms with E-state index in [9.17, 15) is 9.59 Å². The lowest BCUT2D eigenvalue weighted by Crippen LogP contribution is -2.03. The number of carbonyl (C=O) groups excluding carboxylic acids is 1. The number of carboxylic acid groups (broad SMARTS) is 1. The highest BCUT2D eigenvalue weighted by Gasteiger charge is 1.98.